The van der Waals surface area contributed by atoms with E-state index in [2.05, 4.69) is 13.8 Å². The number of hydrogen-bond acceptors (Lipinski definition) is 4. The molecule has 0 aromatic rings. The average molecular weight is 339 g/mol. The molecule has 6 heteroatoms. The molecule has 2 heterocycles. The Morgan fingerprint density at radius 3 is 2.65 bits per heavy atom. The van der Waals surface area contributed by atoms with Crippen LogP contribution in [0.2, 0.25) is 0 Å². The van der Waals surface area contributed by atoms with Crippen molar-refractivity contribution in [2.24, 2.45) is 28.4 Å². The molecule has 2 saturated carbocycles. The molecule has 1 unspecified atom stereocenters. The van der Waals surface area contributed by atoms with Gasteiger partial charge in [-0.2, -0.15) is 0 Å². The lowest BCUT2D eigenvalue weighted by molar-refractivity contribution is -0.122. The molecule has 2 aliphatic carbocycles. The molecule has 1 amide bonds. The highest BCUT2D eigenvalue weighted by atomic mass is 32.2. The molecule has 128 valence electrons. The maximum absolute atomic E-state index is 13.2. The number of primary amides is 1. The van der Waals surface area contributed by atoms with Gasteiger partial charge >= 0.3 is 0 Å². The number of hydrogen-bond donors (Lipinski definition) is 2. The van der Waals surface area contributed by atoms with Gasteiger partial charge in [0.25, 0.3) is 0 Å². The third kappa shape index (κ3) is 1.91. The summed E-state index contributed by atoms with van der Waals surface area (Å²) in [4.78, 5) is 11.8. The average Bonchev–Trinajstić information content (AvgIpc) is 3.17. The molecular weight excluding hydrogens is 314 g/mol. The van der Waals surface area contributed by atoms with E-state index in [4.69, 9.17) is 10.5 Å². The number of amides is 1. The maximum Gasteiger partial charge on any atom is 0.224 e. The summed E-state index contributed by atoms with van der Waals surface area (Å²) in [6, 6.07) is 0. The number of carbonyl (C=O) groups excluding carboxylic acids is 1. The second-order valence-corrected chi connectivity index (χ2v) is 9.83. The van der Waals surface area contributed by atoms with E-state index in [-0.39, 0.29) is 28.3 Å². The van der Waals surface area contributed by atoms with Crippen molar-refractivity contribution in [3.05, 3.63) is 12.2 Å². The van der Waals surface area contributed by atoms with Crippen LogP contribution in [-0.4, -0.2) is 44.5 Å². The fourth-order valence-electron chi connectivity index (χ4n) is 5.64. The van der Waals surface area contributed by atoms with Gasteiger partial charge in [0.2, 0.25) is 5.91 Å². The Kier molecular flexibility index (Phi) is 3.36. The Morgan fingerprint density at radius 1 is 1.39 bits per heavy atom. The normalized spacial score (nSPS) is 50.6. The van der Waals surface area contributed by atoms with Crippen LogP contribution in [0.1, 0.15) is 33.1 Å². The highest BCUT2D eigenvalue weighted by Gasteiger charge is 2.65. The zero-order chi connectivity index (χ0) is 16.6. The minimum Gasteiger partial charge on any atom is -0.392 e. The summed E-state index contributed by atoms with van der Waals surface area (Å²) in [5.74, 6) is -0.0149. The van der Waals surface area contributed by atoms with Crippen LogP contribution >= 0.6 is 0 Å². The third-order valence-corrected chi connectivity index (χ3v) is 9.22. The number of carbonyl (C=O) groups is 1. The molecule has 4 rings (SSSR count). The van der Waals surface area contributed by atoms with Crippen LogP contribution in [0.5, 0.6) is 0 Å². The molecule has 0 spiro atoms. The lowest BCUT2D eigenvalue weighted by atomic mass is 9.70. The standard InChI is InChI=1S/C17H25NO4S/c1-16(2)9-5-6-17(16,12(19)7-9)8-23(21)14-11-4-3-10(22-11)13(14)15(18)20/h3-4,9-14,19H,5-8H2,1-2H3,(H2,18,20)/t9-,10-,11+,12-,13+,14-,17-,23?/m1/s1. The lowest BCUT2D eigenvalue weighted by Crippen LogP contribution is -2.48. The highest BCUT2D eigenvalue weighted by molar-refractivity contribution is 7.85. The van der Waals surface area contributed by atoms with E-state index >= 15 is 0 Å². The SMILES string of the molecule is CC1(C)[C@@H]2CC[C@@]1(CS(=O)[C@H]1[C@@H](C(N)=O)[C@H]3C=C[C@@H]1O3)[C@H](O)C2. The second-order valence-electron chi connectivity index (χ2n) is 8.23. The summed E-state index contributed by atoms with van der Waals surface area (Å²) in [5.41, 5.74) is 5.21. The molecule has 0 aromatic heterocycles. The fraction of sp³-hybridized carbons (Fsp3) is 0.824. The Balaban J connectivity index is 1.61. The van der Waals surface area contributed by atoms with Crippen molar-refractivity contribution in [3.8, 4) is 0 Å². The van der Waals surface area contributed by atoms with E-state index in [0.717, 1.165) is 19.3 Å². The van der Waals surface area contributed by atoms with Crippen LogP contribution in [-0.2, 0) is 20.3 Å². The molecule has 0 aromatic carbocycles. The molecule has 8 atom stereocenters. The molecule has 4 bridgehead atoms. The first kappa shape index (κ1) is 15.8. The van der Waals surface area contributed by atoms with E-state index in [1.165, 1.54) is 0 Å². The molecule has 4 aliphatic rings. The summed E-state index contributed by atoms with van der Waals surface area (Å²) >= 11 is 0. The molecule has 3 N–H and O–H groups in total. The van der Waals surface area contributed by atoms with E-state index in [9.17, 15) is 14.1 Å². The molecule has 2 aliphatic heterocycles. The predicted molar refractivity (Wildman–Crippen MR) is 86.8 cm³/mol. The van der Waals surface area contributed by atoms with Gasteiger partial charge in [-0.25, -0.2) is 0 Å². The lowest BCUT2D eigenvalue weighted by Gasteiger charge is -2.41. The van der Waals surface area contributed by atoms with Crippen LogP contribution in [0.15, 0.2) is 12.2 Å². The van der Waals surface area contributed by atoms with Gasteiger partial charge in [-0.15, -0.1) is 0 Å². The number of ether oxygens (including phenoxy) is 1. The number of nitrogens with two attached hydrogens (primary N) is 1. The van der Waals surface area contributed by atoms with Crippen molar-refractivity contribution in [3.63, 3.8) is 0 Å². The largest absolute Gasteiger partial charge is 0.392 e. The van der Waals surface area contributed by atoms with E-state index < -0.39 is 28.7 Å². The predicted octanol–water partition coefficient (Wildman–Crippen LogP) is 0.730. The summed E-state index contributed by atoms with van der Waals surface area (Å²) < 4.78 is 18.9. The van der Waals surface area contributed by atoms with E-state index in [0.29, 0.717) is 11.7 Å². The maximum atomic E-state index is 13.2. The van der Waals surface area contributed by atoms with Gasteiger partial charge in [0, 0.05) is 22.0 Å². The minimum absolute atomic E-state index is 0.0153. The number of aliphatic hydroxyl groups excluding tert-OH is 1. The van der Waals surface area contributed by atoms with E-state index in [1.54, 1.807) is 0 Å². The number of fused-ring (bicyclic) bond motifs is 4. The highest BCUT2D eigenvalue weighted by Crippen LogP contribution is 2.66. The first-order chi connectivity index (χ1) is 10.8. The van der Waals surface area contributed by atoms with Gasteiger partial charge in [0.15, 0.2) is 0 Å². The van der Waals surface area contributed by atoms with Gasteiger partial charge in [-0.1, -0.05) is 26.0 Å². The zero-order valence-electron chi connectivity index (χ0n) is 13.6. The number of aliphatic hydroxyl groups is 1. The fourth-order valence-corrected chi connectivity index (χ4v) is 8.12. The Bertz CT molecular complexity index is 603. The van der Waals surface area contributed by atoms with Crippen molar-refractivity contribution >= 4 is 16.7 Å². The van der Waals surface area contributed by atoms with Gasteiger partial charge in [0.1, 0.15) is 0 Å². The molecule has 3 fully saturated rings. The second kappa shape index (κ2) is 4.90. The Labute approximate surface area is 139 Å². The Morgan fingerprint density at radius 2 is 2.09 bits per heavy atom. The first-order valence-electron chi connectivity index (χ1n) is 8.46. The van der Waals surface area contributed by atoms with Gasteiger partial charge in [0.05, 0.1) is 29.5 Å². The quantitative estimate of drug-likeness (QED) is 0.739. The molecular formula is C17H25NO4S. The topological polar surface area (TPSA) is 89.6 Å². The summed E-state index contributed by atoms with van der Waals surface area (Å²) in [6.07, 6.45) is 5.54. The van der Waals surface area contributed by atoms with Crippen LogP contribution < -0.4 is 5.73 Å². The van der Waals surface area contributed by atoms with Crippen LogP contribution in [0.25, 0.3) is 0 Å². The summed E-state index contributed by atoms with van der Waals surface area (Å²) in [5, 5.41) is 10.3. The van der Waals surface area contributed by atoms with Gasteiger partial charge < -0.3 is 15.6 Å². The van der Waals surface area contributed by atoms with Gasteiger partial charge in [-0.05, 0) is 30.6 Å². The Hall–Kier alpha value is -0.720. The number of rotatable bonds is 4. The zero-order valence-corrected chi connectivity index (χ0v) is 14.4. The minimum atomic E-state index is -1.25. The smallest absolute Gasteiger partial charge is 0.224 e. The van der Waals surface area contributed by atoms with Crippen molar-refractivity contribution in [1.29, 1.82) is 0 Å². The van der Waals surface area contributed by atoms with Crippen molar-refractivity contribution < 1.29 is 18.8 Å². The van der Waals surface area contributed by atoms with Crippen LogP contribution in [0.3, 0.4) is 0 Å². The monoisotopic (exact) mass is 339 g/mol. The summed E-state index contributed by atoms with van der Waals surface area (Å²) in [6.45, 7) is 4.39. The van der Waals surface area contributed by atoms with Crippen LogP contribution in [0, 0.1) is 22.7 Å². The van der Waals surface area contributed by atoms with Crippen molar-refractivity contribution in [2.45, 2.75) is 56.7 Å². The van der Waals surface area contributed by atoms with Crippen molar-refractivity contribution in [2.75, 3.05) is 5.75 Å². The molecule has 1 saturated heterocycles. The van der Waals surface area contributed by atoms with Crippen LogP contribution in [0.4, 0.5) is 0 Å². The van der Waals surface area contributed by atoms with Crippen molar-refractivity contribution in [1.82, 2.24) is 0 Å². The molecule has 23 heavy (non-hydrogen) atoms. The van der Waals surface area contributed by atoms with E-state index in [1.807, 2.05) is 12.2 Å². The third-order valence-electron chi connectivity index (χ3n) is 7.26. The first-order valence-corrected chi connectivity index (χ1v) is 9.84. The molecule has 5 nitrogen and oxygen atoms in total. The molecule has 0 radical (unpaired) electrons. The summed E-state index contributed by atoms with van der Waals surface area (Å²) in [7, 11) is -1.25. The van der Waals surface area contributed by atoms with Gasteiger partial charge in [-0.3, -0.25) is 9.00 Å².